The van der Waals surface area contributed by atoms with Crippen molar-refractivity contribution in [3.63, 3.8) is 0 Å². The minimum absolute atomic E-state index is 0.168. The maximum atomic E-state index is 12.5. The second kappa shape index (κ2) is 6.72. The highest BCUT2D eigenvalue weighted by atomic mass is 35.5. The van der Waals surface area contributed by atoms with Gasteiger partial charge in [-0.15, -0.1) is 11.3 Å². The molecule has 23 heavy (non-hydrogen) atoms. The molecule has 0 unspecified atom stereocenters. The van der Waals surface area contributed by atoms with Crippen LogP contribution in [-0.2, 0) is 17.6 Å². The number of carboxylic acids is 1. The minimum atomic E-state index is -0.959. The summed E-state index contributed by atoms with van der Waals surface area (Å²) in [7, 11) is 0. The van der Waals surface area contributed by atoms with E-state index >= 15 is 0 Å². The first kappa shape index (κ1) is 16.0. The topological polar surface area (TPSA) is 66.4 Å². The van der Waals surface area contributed by atoms with Crippen LogP contribution in [0.15, 0.2) is 30.3 Å². The summed E-state index contributed by atoms with van der Waals surface area (Å²) in [5.41, 5.74) is 1.98. The molecule has 6 heteroatoms. The molecule has 0 saturated heterocycles. The lowest BCUT2D eigenvalue weighted by molar-refractivity contribution is -0.137. The third kappa shape index (κ3) is 3.74. The Bertz CT molecular complexity index is 717. The molecule has 2 N–H and O–H groups in total. The van der Waals surface area contributed by atoms with Crippen molar-refractivity contribution in [3.8, 4) is 0 Å². The molecule has 0 radical (unpaired) electrons. The van der Waals surface area contributed by atoms with Crippen LogP contribution in [0.2, 0.25) is 5.02 Å². The predicted octanol–water partition coefficient (Wildman–Crippen LogP) is 3.84. The molecule has 0 aliphatic heterocycles. The van der Waals surface area contributed by atoms with Gasteiger partial charge >= 0.3 is 5.97 Å². The fourth-order valence-corrected chi connectivity index (χ4v) is 4.07. The van der Waals surface area contributed by atoms with Crippen LogP contribution in [0.1, 0.15) is 44.6 Å². The second-order valence-electron chi connectivity index (χ2n) is 5.59. The lowest BCUT2D eigenvalue weighted by Gasteiger charge is -2.17. The maximum absolute atomic E-state index is 12.5. The van der Waals surface area contributed by atoms with Crippen LogP contribution in [0.5, 0.6) is 0 Å². The van der Waals surface area contributed by atoms with Crippen molar-refractivity contribution in [1.29, 1.82) is 0 Å². The molecule has 1 heterocycles. The molecule has 0 bridgehead atoms. The Morgan fingerprint density at radius 1 is 1.26 bits per heavy atom. The molecule has 3 rings (SSSR count). The van der Waals surface area contributed by atoms with Crippen molar-refractivity contribution in [2.75, 3.05) is 0 Å². The molecule has 1 amide bonds. The Hall–Kier alpha value is -1.85. The highest BCUT2D eigenvalue weighted by Crippen LogP contribution is 2.31. The summed E-state index contributed by atoms with van der Waals surface area (Å²) >= 11 is 7.37. The van der Waals surface area contributed by atoms with Crippen molar-refractivity contribution in [2.24, 2.45) is 0 Å². The molecule has 4 nitrogen and oxygen atoms in total. The quantitative estimate of drug-likeness (QED) is 0.862. The van der Waals surface area contributed by atoms with E-state index in [1.165, 1.54) is 21.8 Å². The van der Waals surface area contributed by atoms with Crippen molar-refractivity contribution >= 4 is 34.8 Å². The molecule has 1 aromatic carbocycles. The molecule has 1 aliphatic rings. The highest BCUT2D eigenvalue weighted by molar-refractivity contribution is 7.14. The van der Waals surface area contributed by atoms with Crippen LogP contribution in [0, 0.1) is 0 Å². The molecular weight excluding hydrogens is 334 g/mol. The van der Waals surface area contributed by atoms with Gasteiger partial charge < -0.3 is 10.4 Å². The van der Waals surface area contributed by atoms with Crippen LogP contribution in [-0.4, -0.2) is 17.0 Å². The molecule has 0 fully saturated rings. The van der Waals surface area contributed by atoms with E-state index in [1.807, 2.05) is 6.07 Å². The first-order chi connectivity index (χ1) is 11.0. The van der Waals surface area contributed by atoms with E-state index in [4.69, 9.17) is 16.7 Å². The molecule has 2 aromatic rings. The van der Waals surface area contributed by atoms with E-state index in [9.17, 15) is 9.59 Å². The largest absolute Gasteiger partial charge is 0.481 e. The molecular formula is C17H16ClNO3S. The average molecular weight is 350 g/mol. The number of hydrogen-bond acceptors (Lipinski definition) is 3. The number of thiophene rings is 1. The summed E-state index contributed by atoms with van der Waals surface area (Å²) in [6, 6.07) is 8.22. The van der Waals surface area contributed by atoms with Crippen molar-refractivity contribution < 1.29 is 14.7 Å². The van der Waals surface area contributed by atoms with Crippen LogP contribution in [0.4, 0.5) is 0 Å². The molecule has 0 spiro atoms. The number of halogens is 1. The van der Waals surface area contributed by atoms with Crippen molar-refractivity contribution in [2.45, 2.75) is 31.7 Å². The fraction of sp³-hybridized carbons (Fsp3) is 0.294. The van der Waals surface area contributed by atoms with Gasteiger partial charge in [0, 0.05) is 9.90 Å². The summed E-state index contributed by atoms with van der Waals surface area (Å²) in [5.74, 6) is -1.18. The molecule has 1 aliphatic carbocycles. The Balaban J connectivity index is 1.78. The van der Waals surface area contributed by atoms with Crippen LogP contribution >= 0.6 is 22.9 Å². The van der Waals surface area contributed by atoms with Gasteiger partial charge in [0.15, 0.2) is 0 Å². The zero-order valence-electron chi connectivity index (χ0n) is 12.3. The molecule has 120 valence electrons. The smallest absolute Gasteiger partial charge is 0.305 e. The zero-order chi connectivity index (χ0) is 16.4. The number of fused-ring (bicyclic) bond motifs is 1. The van der Waals surface area contributed by atoms with Crippen LogP contribution in [0.3, 0.4) is 0 Å². The van der Waals surface area contributed by atoms with Crippen LogP contribution in [0.25, 0.3) is 0 Å². The SMILES string of the molecule is O=C(O)C[C@H](NC(=O)c1cc2c(s1)CCC2)c1ccc(Cl)cc1. The molecule has 1 aromatic heterocycles. The third-order valence-electron chi connectivity index (χ3n) is 3.93. The third-order valence-corrected chi connectivity index (χ3v) is 5.41. The van der Waals surface area contributed by atoms with Gasteiger partial charge in [0.2, 0.25) is 0 Å². The Morgan fingerprint density at radius 3 is 2.65 bits per heavy atom. The first-order valence-electron chi connectivity index (χ1n) is 7.42. The highest BCUT2D eigenvalue weighted by Gasteiger charge is 2.22. The van der Waals surface area contributed by atoms with Gasteiger partial charge in [0.05, 0.1) is 17.3 Å². The number of aryl methyl sites for hydroxylation is 2. The monoisotopic (exact) mass is 349 g/mol. The standard InChI is InChI=1S/C17H16ClNO3S/c18-12-6-4-10(5-7-12)13(9-16(20)21)19-17(22)15-8-11-2-1-3-14(11)23-15/h4-8,13H,1-3,9H2,(H,19,22)(H,20,21)/t13-/m0/s1. The summed E-state index contributed by atoms with van der Waals surface area (Å²) in [6.45, 7) is 0. The second-order valence-corrected chi connectivity index (χ2v) is 7.16. The lowest BCUT2D eigenvalue weighted by Crippen LogP contribution is -2.29. The lowest BCUT2D eigenvalue weighted by atomic mass is 10.0. The zero-order valence-corrected chi connectivity index (χ0v) is 13.9. The first-order valence-corrected chi connectivity index (χ1v) is 8.62. The predicted molar refractivity (Wildman–Crippen MR) is 90.3 cm³/mol. The maximum Gasteiger partial charge on any atom is 0.305 e. The van der Waals surface area contributed by atoms with E-state index in [2.05, 4.69) is 5.32 Å². The van der Waals surface area contributed by atoms with Gasteiger partial charge in [0.25, 0.3) is 5.91 Å². The fourth-order valence-electron chi connectivity index (χ4n) is 2.79. The minimum Gasteiger partial charge on any atom is -0.481 e. The van der Waals surface area contributed by atoms with E-state index in [0.717, 1.165) is 24.8 Å². The number of nitrogens with one attached hydrogen (secondary N) is 1. The van der Waals surface area contributed by atoms with Gasteiger partial charge in [-0.1, -0.05) is 23.7 Å². The number of amides is 1. The normalized spacial score (nSPS) is 14.3. The number of carbonyl (C=O) groups is 2. The number of carbonyl (C=O) groups excluding carboxylic acids is 1. The number of rotatable bonds is 5. The van der Waals surface area contributed by atoms with E-state index < -0.39 is 12.0 Å². The Kier molecular flexibility index (Phi) is 4.68. The van der Waals surface area contributed by atoms with Gasteiger partial charge in [-0.25, -0.2) is 0 Å². The van der Waals surface area contributed by atoms with E-state index in [0.29, 0.717) is 9.90 Å². The molecule has 1 atom stereocenters. The Labute approximate surface area is 143 Å². The average Bonchev–Trinajstić information content (AvgIpc) is 3.08. The number of hydrogen-bond donors (Lipinski definition) is 2. The summed E-state index contributed by atoms with van der Waals surface area (Å²) in [5, 5.41) is 12.5. The number of carboxylic acid groups (broad SMARTS) is 1. The van der Waals surface area contributed by atoms with Gasteiger partial charge in [-0.2, -0.15) is 0 Å². The van der Waals surface area contributed by atoms with E-state index in [1.54, 1.807) is 24.3 Å². The number of benzene rings is 1. The summed E-state index contributed by atoms with van der Waals surface area (Å²) < 4.78 is 0. The van der Waals surface area contributed by atoms with Gasteiger partial charge in [0.1, 0.15) is 0 Å². The summed E-state index contributed by atoms with van der Waals surface area (Å²) in [4.78, 5) is 25.5. The van der Waals surface area contributed by atoms with Gasteiger partial charge in [-0.05, 0) is 48.6 Å². The van der Waals surface area contributed by atoms with E-state index in [-0.39, 0.29) is 12.3 Å². The summed E-state index contributed by atoms with van der Waals surface area (Å²) in [6.07, 6.45) is 3.03. The van der Waals surface area contributed by atoms with Crippen molar-refractivity contribution in [1.82, 2.24) is 5.32 Å². The number of aliphatic carboxylic acids is 1. The molecule has 0 saturated carbocycles. The van der Waals surface area contributed by atoms with Crippen LogP contribution < -0.4 is 5.32 Å². The van der Waals surface area contributed by atoms with Crippen molar-refractivity contribution in [3.05, 3.63) is 56.2 Å². The van der Waals surface area contributed by atoms with Gasteiger partial charge in [-0.3, -0.25) is 9.59 Å². The Morgan fingerprint density at radius 2 is 2.00 bits per heavy atom.